The minimum atomic E-state index is -5.32. The van der Waals surface area contributed by atoms with Gasteiger partial charge in [0.1, 0.15) is 5.75 Å². The molecule has 0 N–H and O–H groups in total. The second-order valence-electron chi connectivity index (χ2n) is 6.53. The van der Waals surface area contributed by atoms with Gasteiger partial charge in [-0.3, -0.25) is 0 Å². The first-order chi connectivity index (χ1) is 14.5. The average molecular weight is 462 g/mol. The summed E-state index contributed by atoms with van der Waals surface area (Å²) in [5.74, 6) is -6.02. The Balaban J connectivity index is 2.41. The summed E-state index contributed by atoms with van der Waals surface area (Å²) in [7, 11) is 1.41. The van der Waals surface area contributed by atoms with Gasteiger partial charge in [-0.15, -0.1) is 0 Å². The van der Waals surface area contributed by atoms with Gasteiger partial charge in [-0.05, 0) is 60.5 Å². The van der Waals surface area contributed by atoms with Crippen LogP contribution in [0, 0.1) is 0 Å². The molecule has 4 nitrogen and oxygen atoms in total. The van der Waals surface area contributed by atoms with Gasteiger partial charge in [0.05, 0.1) is 30.5 Å². The summed E-state index contributed by atoms with van der Waals surface area (Å²) in [6.45, 7) is 1.33. The van der Waals surface area contributed by atoms with Gasteiger partial charge < -0.3 is 13.9 Å². The minimum absolute atomic E-state index is 0.0121. The van der Waals surface area contributed by atoms with Crippen molar-refractivity contribution in [2.24, 2.45) is 0 Å². The topological polar surface area (TPSA) is 39.9 Å². The highest BCUT2D eigenvalue weighted by molar-refractivity contribution is 6.22. The number of hydrogen-bond donors (Lipinski definition) is 0. The zero-order chi connectivity index (χ0) is 23.0. The Morgan fingerprint density at radius 2 is 1.77 bits per heavy atom. The van der Waals surface area contributed by atoms with E-state index in [2.05, 4.69) is 11.6 Å². The van der Waals surface area contributed by atoms with Gasteiger partial charge >= 0.3 is 17.3 Å². The lowest BCUT2D eigenvalue weighted by atomic mass is 9.96. The quantitative estimate of drug-likeness (QED) is 0.236. The molecule has 0 aliphatic heterocycles. The van der Waals surface area contributed by atoms with Crippen molar-refractivity contribution < 1.29 is 36.2 Å². The van der Waals surface area contributed by atoms with Crippen LogP contribution in [0.1, 0.15) is 29.0 Å². The Morgan fingerprint density at radius 1 is 1.13 bits per heavy atom. The summed E-state index contributed by atoms with van der Waals surface area (Å²) < 4.78 is 82.0. The molecule has 0 fully saturated rings. The zero-order valence-corrected chi connectivity index (χ0v) is 17.1. The number of alkyl halides is 6. The van der Waals surface area contributed by atoms with Crippen molar-refractivity contribution in [1.29, 1.82) is 0 Å². The van der Waals surface area contributed by atoms with Crippen molar-refractivity contribution in [1.82, 2.24) is 4.40 Å². The van der Waals surface area contributed by atoms with Crippen LogP contribution in [0.25, 0.3) is 16.8 Å². The predicted octanol–water partition coefficient (Wildman–Crippen LogP) is 6.27. The van der Waals surface area contributed by atoms with Crippen molar-refractivity contribution >= 4 is 23.1 Å². The normalized spacial score (nSPS) is 13.3. The molecule has 0 aliphatic rings. The number of methoxy groups -OCH3 is 1. The fourth-order valence-corrected chi connectivity index (χ4v) is 3.36. The summed E-state index contributed by atoms with van der Waals surface area (Å²) in [4.78, 5) is 12.6. The van der Waals surface area contributed by atoms with Crippen LogP contribution in [0.15, 0.2) is 48.7 Å². The van der Waals surface area contributed by atoms with E-state index in [1.165, 1.54) is 67.1 Å². The molecule has 0 saturated heterocycles. The van der Waals surface area contributed by atoms with Gasteiger partial charge in [-0.25, -0.2) is 9.18 Å². The number of nitrogens with zero attached hydrogens (tertiary/aromatic N) is 1. The molecule has 31 heavy (non-hydrogen) atoms. The molecule has 0 aliphatic carbocycles. The second-order valence-corrected chi connectivity index (χ2v) is 7.00. The number of pyridine rings is 1. The maximum atomic E-state index is 15.2. The zero-order valence-electron chi connectivity index (χ0n) is 16.3. The molecule has 0 amide bonds. The number of hydrogen-bond acceptors (Lipinski definition) is 3. The van der Waals surface area contributed by atoms with E-state index in [1.54, 1.807) is 0 Å². The Morgan fingerprint density at radius 3 is 2.32 bits per heavy atom. The Labute approximate surface area is 179 Å². The third-order valence-corrected chi connectivity index (χ3v) is 4.93. The van der Waals surface area contributed by atoms with Crippen molar-refractivity contribution in [3.05, 3.63) is 59.8 Å². The van der Waals surface area contributed by atoms with E-state index >= 15 is 4.39 Å². The van der Waals surface area contributed by atoms with E-state index in [0.717, 1.165) is 0 Å². The highest BCUT2D eigenvalue weighted by Gasteiger charge is 2.63. The first-order valence-electron chi connectivity index (χ1n) is 9.07. The Kier molecular flexibility index (Phi) is 6.18. The number of aromatic nitrogens is 1. The maximum absolute atomic E-state index is 15.2. The van der Waals surface area contributed by atoms with Crippen LogP contribution in [0.4, 0.5) is 22.0 Å². The molecule has 1 unspecified atom stereocenters. The summed E-state index contributed by atoms with van der Waals surface area (Å²) in [6.07, 6.45) is -2.22. The summed E-state index contributed by atoms with van der Waals surface area (Å²) >= 11 is 4.54. The third kappa shape index (κ3) is 3.94. The average Bonchev–Trinajstić information content (AvgIpc) is 3.07. The standard InChI is InChI=1S/C21H17ClF5NO3/c1-3-31-19(29)15-14-6-4-5-11-28(14)17(12-7-9-13(30-2)10-8-12)16(15)18(23)20(24,25)21(22,26)27/h4-11,18H,3H2,1-2H3. The van der Waals surface area contributed by atoms with Crippen molar-refractivity contribution in [3.63, 3.8) is 0 Å². The largest absolute Gasteiger partial charge is 0.497 e. The number of fused-ring (bicyclic) bond motifs is 1. The number of esters is 1. The number of ether oxygens (including phenoxy) is 2. The molecular weight excluding hydrogens is 445 g/mol. The fraction of sp³-hybridized carbons (Fsp3) is 0.286. The molecule has 3 rings (SSSR count). The van der Waals surface area contributed by atoms with Crippen LogP contribution in [0.3, 0.4) is 0 Å². The highest BCUT2D eigenvalue weighted by atomic mass is 35.5. The van der Waals surface area contributed by atoms with Crippen molar-refractivity contribution in [2.45, 2.75) is 24.4 Å². The second kappa shape index (κ2) is 8.37. The Hall–Kier alpha value is -2.81. The lowest BCUT2D eigenvalue weighted by Crippen LogP contribution is -2.40. The minimum Gasteiger partial charge on any atom is -0.497 e. The summed E-state index contributed by atoms with van der Waals surface area (Å²) in [6, 6.07) is 10.2. The Bertz CT molecular complexity index is 1090. The molecule has 0 radical (unpaired) electrons. The van der Waals surface area contributed by atoms with Gasteiger partial charge in [0.25, 0.3) is 0 Å². The van der Waals surface area contributed by atoms with E-state index < -0.39 is 34.6 Å². The van der Waals surface area contributed by atoms with E-state index in [0.29, 0.717) is 5.75 Å². The molecule has 0 spiro atoms. The van der Waals surface area contributed by atoms with Crippen LogP contribution < -0.4 is 4.74 Å². The van der Waals surface area contributed by atoms with Gasteiger partial charge in [-0.1, -0.05) is 6.07 Å². The molecule has 10 heteroatoms. The highest BCUT2D eigenvalue weighted by Crippen LogP contribution is 2.51. The predicted molar refractivity (Wildman–Crippen MR) is 105 cm³/mol. The molecule has 1 atom stereocenters. The van der Waals surface area contributed by atoms with E-state index in [4.69, 9.17) is 9.47 Å². The van der Waals surface area contributed by atoms with Gasteiger partial charge in [0.15, 0.2) is 6.17 Å². The molecule has 1 aromatic carbocycles. The van der Waals surface area contributed by atoms with Crippen LogP contribution in [-0.4, -0.2) is 35.4 Å². The first-order valence-corrected chi connectivity index (χ1v) is 9.45. The third-order valence-electron chi connectivity index (χ3n) is 4.67. The molecule has 2 heterocycles. The number of carbonyl (C=O) groups excluding carboxylic acids is 1. The monoisotopic (exact) mass is 461 g/mol. The molecule has 0 saturated carbocycles. The van der Waals surface area contributed by atoms with E-state index in [9.17, 15) is 22.4 Å². The van der Waals surface area contributed by atoms with E-state index in [1.807, 2.05) is 0 Å². The lowest BCUT2D eigenvalue weighted by molar-refractivity contribution is -0.196. The van der Waals surface area contributed by atoms with Gasteiger partial charge in [0.2, 0.25) is 0 Å². The first kappa shape index (κ1) is 22.9. The number of benzene rings is 1. The molecule has 166 valence electrons. The number of carbonyl (C=O) groups is 1. The lowest BCUT2D eigenvalue weighted by Gasteiger charge is -2.25. The maximum Gasteiger partial charge on any atom is 0.387 e. The van der Waals surface area contributed by atoms with E-state index in [-0.39, 0.29) is 23.4 Å². The SMILES string of the molecule is CCOC(=O)c1c(C(F)C(F)(F)C(F)(F)Cl)c(-c2ccc(OC)cc2)n2ccccc12. The van der Waals surface area contributed by atoms with Crippen molar-refractivity contribution in [2.75, 3.05) is 13.7 Å². The number of rotatable bonds is 7. The van der Waals surface area contributed by atoms with Crippen molar-refractivity contribution in [3.8, 4) is 17.0 Å². The molecular formula is C21H17ClF5NO3. The van der Waals surface area contributed by atoms with Crippen LogP contribution in [0.5, 0.6) is 5.75 Å². The summed E-state index contributed by atoms with van der Waals surface area (Å²) in [5.41, 5.74) is -1.54. The fourth-order valence-electron chi connectivity index (χ4n) is 3.26. The summed E-state index contributed by atoms with van der Waals surface area (Å²) in [5, 5.41) is -5.20. The number of halogens is 6. The van der Waals surface area contributed by atoms with Crippen LogP contribution in [0.2, 0.25) is 0 Å². The molecule has 0 bridgehead atoms. The van der Waals surface area contributed by atoms with Gasteiger partial charge in [-0.2, -0.15) is 17.6 Å². The molecule has 2 aromatic heterocycles. The van der Waals surface area contributed by atoms with Gasteiger partial charge in [0, 0.05) is 11.8 Å². The van der Waals surface area contributed by atoms with Crippen LogP contribution >= 0.6 is 11.6 Å². The smallest absolute Gasteiger partial charge is 0.387 e. The van der Waals surface area contributed by atoms with Crippen LogP contribution in [-0.2, 0) is 4.74 Å². The molecule has 3 aromatic rings.